The van der Waals surface area contributed by atoms with Crippen molar-refractivity contribution in [3.63, 3.8) is 0 Å². The van der Waals surface area contributed by atoms with E-state index in [0.29, 0.717) is 17.9 Å². The summed E-state index contributed by atoms with van der Waals surface area (Å²) in [5.74, 6) is 0.439. The van der Waals surface area contributed by atoms with Crippen LogP contribution in [0.3, 0.4) is 0 Å². The number of halogens is 1. The minimum absolute atomic E-state index is 0.421. The fraction of sp³-hybridized carbons (Fsp3) is 0.286. The van der Waals surface area contributed by atoms with Crippen LogP contribution in [0.15, 0.2) is 29.2 Å². The van der Waals surface area contributed by atoms with Gasteiger partial charge < -0.3 is 9.26 Å². The van der Waals surface area contributed by atoms with Gasteiger partial charge >= 0.3 is 6.09 Å². The number of nitrogens with zero attached hydrogens (tertiary/aromatic N) is 4. The fourth-order valence-corrected chi connectivity index (χ4v) is 3.67. The summed E-state index contributed by atoms with van der Waals surface area (Å²) >= 11 is 2.24. The summed E-state index contributed by atoms with van der Waals surface area (Å²) in [4.78, 5) is 16.2. The minimum atomic E-state index is -0.581. The third-order valence-corrected chi connectivity index (χ3v) is 4.91. The molecule has 1 aromatic carbocycles. The Balaban J connectivity index is 2.05. The number of aromatic nitrogens is 4. The molecule has 0 fully saturated rings. The zero-order valence-electron chi connectivity index (χ0n) is 13.2. The molecule has 2 aromatic heterocycles. The van der Waals surface area contributed by atoms with Gasteiger partial charge in [0.15, 0.2) is 0 Å². The zero-order valence-corrected chi connectivity index (χ0v) is 16.4. The van der Waals surface area contributed by atoms with Crippen LogP contribution < -0.4 is 5.32 Å². The number of hydrogen-bond donors (Lipinski definition) is 1. The molecule has 0 aliphatic rings. The maximum Gasteiger partial charge on any atom is 0.412 e. The van der Waals surface area contributed by atoms with Crippen molar-refractivity contribution in [2.24, 2.45) is 0 Å². The normalized spacial score (nSPS) is 12.2. The third kappa shape index (κ3) is 3.67. The monoisotopic (exact) mass is 459 g/mol. The molecule has 1 N–H and O–H groups in total. The number of carbonyl (C=O) groups is 1. The molecule has 1 amide bonds. The number of ether oxygens (including phenoxy) is 1. The average Bonchev–Trinajstić information content (AvgIpc) is 3.14. The number of rotatable bonds is 3. The van der Waals surface area contributed by atoms with E-state index in [1.807, 2.05) is 31.3 Å². The molecule has 0 aliphatic carbocycles. The maximum atomic E-state index is 12.1. The zero-order chi connectivity index (χ0) is 17.3. The van der Waals surface area contributed by atoms with E-state index in [1.165, 1.54) is 6.39 Å². The Bertz CT molecular complexity index is 873. The van der Waals surface area contributed by atoms with Gasteiger partial charge in [-0.3, -0.25) is 5.32 Å². The third-order valence-electron chi connectivity index (χ3n) is 3.02. The van der Waals surface area contributed by atoms with Gasteiger partial charge in [-0.2, -0.15) is 10.1 Å². The average molecular weight is 459 g/mol. The summed E-state index contributed by atoms with van der Waals surface area (Å²) < 4.78 is 12.0. The predicted octanol–water partition coefficient (Wildman–Crippen LogP) is 4.22. The molecule has 24 heavy (non-hydrogen) atoms. The molecule has 3 aromatic rings. The van der Waals surface area contributed by atoms with E-state index in [1.54, 1.807) is 12.3 Å². The molecular formula is C14H15IN5O3P. The topological polar surface area (TPSA) is 95.1 Å². The number of fused-ring (bicyclic) bond motifs is 1. The molecule has 1 unspecified atom stereocenters. The van der Waals surface area contributed by atoms with E-state index in [9.17, 15) is 4.79 Å². The van der Waals surface area contributed by atoms with Crippen LogP contribution in [0.4, 0.5) is 10.5 Å². The molecule has 2 heterocycles. The Morgan fingerprint density at radius 3 is 2.83 bits per heavy atom. The predicted molar refractivity (Wildman–Crippen MR) is 101 cm³/mol. The first-order chi connectivity index (χ1) is 11.4. The molecule has 3 rings (SSSR count). The molecule has 0 saturated heterocycles. The number of benzene rings is 1. The molecule has 8 nitrogen and oxygen atoms in total. The second-order valence-electron chi connectivity index (χ2n) is 5.98. The highest BCUT2D eigenvalue weighted by Crippen LogP contribution is 2.35. The Hall–Kier alpha value is -1.74. The van der Waals surface area contributed by atoms with Crippen LogP contribution in [0, 0.1) is 0 Å². The highest BCUT2D eigenvalue weighted by Gasteiger charge is 2.19. The van der Waals surface area contributed by atoms with Gasteiger partial charge in [-0.05, 0) is 54.9 Å². The van der Waals surface area contributed by atoms with E-state index in [2.05, 4.69) is 42.6 Å². The molecule has 0 saturated carbocycles. The number of anilines is 1. The highest BCUT2D eigenvalue weighted by molar-refractivity contribution is 14.2. The Labute approximate surface area is 152 Å². The van der Waals surface area contributed by atoms with E-state index in [4.69, 9.17) is 9.26 Å². The number of amides is 1. The van der Waals surface area contributed by atoms with Crippen LogP contribution in [-0.2, 0) is 4.74 Å². The fourth-order valence-electron chi connectivity index (χ4n) is 2.14. The summed E-state index contributed by atoms with van der Waals surface area (Å²) in [7, 11) is 0. The molecule has 0 radical (unpaired) electrons. The lowest BCUT2D eigenvalue weighted by molar-refractivity contribution is 0.0636. The number of hydrogen-bond acceptors (Lipinski definition) is 6. The summed E-state index contributed by atoms with van der Waals surface area (Å²) in [5, 5.41) is 11.8. The largest absolute Gasteiger partial charge is 0.444 e. The summed E-state index contributed by atoms with van der Waals surface area (Å²) in [6, 6.07) is 3.69. The quantitative estimate of drug-likeness (QED) is 0.466. The first kappa shape index (κ1) is 17.1. The van der Waals surface area contributed by atoms with Gasteiger partial charge in [0.1, 0.15) is 5.60 Å². The molecule has 126 valence electrons. The van der Waals surface area contributed by atoms with E-state index in [0.717, 1.165) is 16.5 Å². The van der Waals surface area contributed by atoms with Gasteiger partial charge in [-0.1, -0.05) is 5.16 Å². The van der Waals surface area contributed by atoms with Crippen molar-refractivity contribution in [2.75, 3.05) is 5.32 Å². The van der Waals surface area contributed by atoms with Gasteiger partial charge in [0.25, 0.3) is 0 Å². The van der Waals surface area contributed by atoms with Gasteiger partial charge in [0, 0.05) is 10.9 Å². The minimum Gasteiger partial charge on any atom is -0.444 e. The molecule has 1 atom stereocenters. The lowest BCUT2D eigenvalue weighted by Crippen LogP contribution is -2.27. The van der Waals surface area contributed by atoms with Crippen LogP contribution >= 0.6 is 28.4 Å². The van der Waals surface area contributed by atoms with Crippen LogP contribution in [0.25, 0.3) is 22.3 Å². The maximum absolute atomic E-state index is 12.1. The first-order valence-electron chi connectivity index (χ1n) is 7.02. The molecule has 0 aliphatic heterocycles. The molecule has 10 heteroatoms. The van der Waals surface area contributed by atoms with Crippen molar-refractivity contribution in [2.45, 2.75) is 26.4 Å². The first-order valence-corrected chi connectivity index (χ1v) is 11.1. The van der Waals surface area contributed by atoms with Crippen LogP contribution in [-0.4, -0.2) is 31.4 Å². The van der Waals surface area contributed by atoms with Crippen LogP contribution in [0.2, 0.25) is 0 Å². The number of carbonyl (C=O) groups excluding carboxylic acids is 1. The second-order valence-corrected chi connectivity index (χ2v) is 8.02. The Morgan fingerprint density at radius 1 is 1.42 bits per heavy atom. The van der Waals surface area contributed by atoms with Gasteiger partial charge in [-0.15, -0.1) is 0 Å². The van der Waals surface area contributed by atoms with Crippen LogP contribution in [0.5, 0.6) is 0 Å². The van der Waals surface area contributed by atoms with Gasteiger partial charge in [0.2, 0.25) is 12.2 Å². The van der Waals surface area contributed by atoms with Crippen molar-refractivity contribution in [3.05, 3.63) is 24.7 Å². The Morgan fingerprint density at radius 2 is 2.21 bits per heavy atom. The van der Waals surface area contributed by atoms with Crippen molar-refractivity contribution >= 4 is 51.1 Å². The van der Waals surface area contributed by atoms with E-state index >= 15 is 0 Å². The van der Waals surface area contributed by atoms with Gasteiger partial charge in [-0.25, -0.2) is 9.25 Å². The lowest BCUT2D eigenvalue weighted by Gasteiger charge is -2.20. The van der Waals surface area contributed by atoms with Crippen molar-refractivity contribution in [1.29, 1.82) is 0 Å². The standard InChI is InChI=1S/C14H15IN5O3P/c1-14(2,3)23-13(21)18-10-4-8(12-16-7-22-19-12)5-11-9(10)6-17-20(11)24-15/h4-7,24H,1-3H3,(H,18,21). The number of nitrogens with one attached hydrogen (secondary N) is 1. The SMILES string of the molecule is CC(C)(C)OC(=O)Nc1cc(-c2ncon2)cc2c1cnn2PI. The van der Waals surface area contributed by atoms with Crippen molar-refractivity contribution in [1.82, 2.24) is 19.7 Å². The smallest absolute Gasteiger partial charge is 0.412 e. The lowest BCUT2D eigenvalue weighted by atomic mass is 10.1. The summed E-state index contributed by atoms with van der Waals surface area (Å²) in [6.45, 7) is 5.44. The van der Waals surface area contributed by atoms with Gasteiger partial charge in [0.05, 0.1) is 23.8 Å². The van der Waals surface area contributed by atoms with Crippen molar-refractivity contribution in [3.8, 4) is 11.4 Å². The molecule has 0 bridgehead atoms. The summed E-state index contributed by atoms with van der Waals surface area (Å²) in [5.41, 5.74) is 1.60. The van der Waals surface area contributed by atoms with E-state index in [-0.39, 0.29) is 0 Å². The summed E-state index contributed by atoms with van der Waals surface area (Å²) in [6.07, 6.45) is 2.87. The molecule has 0 spiro atoms. The van der Waals surface area contributed by atoms with E-state index < -0.39 is 11.7 Å². The second kappa shape index (κ2) is 6.64. The molecular weight excluding hydrogens is 444 g/mol. The highest BCUT2D eigenvalue weighted by atomic mass is 127. The van der Waals surface area contributed by atoms with Crippen molar-refractivity contribution < 1.29 is 14.1 Å². The van der Waals surface area contributed by atoms with Crippen LogP contribution in [0.1, 0.15) is 20.8 Å². The Kier molecular flexibility index (Phi) is 4.73.